The van der Waals surface area contributed by atoms with Crippen LogP contribution in [0, 0.1) is 5.92 Å². The van der Waals surface area contributed by atoms with Crippen LogP contribution in [0.1, 0.15) is 45.4 Å². The fourth-order valence-electron chi connectivity index (χ4n) is 3.58. The molecule has 0 bridgehead atoms. The van der Waals surface area contributed by atoms with E-state index in [1.165, 1.54) is 0 Å². The second-order valence-corrected chi connectivity index (χ2v) is 8.63. The van der Waals surface area contributed by atoms with Crippen molar-refractivity contribution in [1.82, 2.24) is 9.29 Å². The molecule has 1 saturated heterocycles. The van der Waals surface area contributed by atoms with E-state index in [-0.39, 0.29) is 17.2 Å². The highest BCUT2D eigenvalue weighted by Crippen LogP contribution is 2.31. The Morgan fingerprint density at radius 1 is 1.22 bits per heavy atom. The number of nitrogens with zero attached hydrogens (tertiary/aromatic N) is 2. The molecule has 0 amide bonds. The maximum Gasteiger partial charge on any atom is 0.260 e. The predicted molar refractivity (Wildman–Crippen MR) is 88.5 cm³/mol. The van der Waals surface area contributed by atoms with Gasteiger partial charge in [0.1, 0.15) is 0 Å². The summed E-state index contributed by atoms with van der Waals surface area (Å²) in [6.07, 6.45) is 7.56. The van der Waals surface area contributed by atoms with Crippen molar-refractivity contribution in [3.8, 4) is 0 Å². The van der Waals surface area contributed by atoms with Gasteiger partial charge in [0.25, 0.3) is 10.0 Å². The average molecular weight is 338 g/mol. The highest BCUT2D eigenvalue weighted by Gasteiger charge is 2.36. The number of pyridine rings is 1. The Balaban J connectivity index is 1.84. The zero-order valence-corrected chi connectivity index (χ0v) is 14.5. The molecule has 0 radical (unpaired) electrons. The average Bonchev–Trinajstić information content (AvgIpc) is 3.08. The highest BCUT2D eigenvalue weighted by atomic mass is 32.2. The SMILES string of the molecule is CC1CCC(N(CC2CCCO2)S(=O)(=O)c2ccccn2)CC1. The van der Waals surface area contributed by atoms with E-state index in [2.05, 4.69) is 11.9 Å². The van der Waals surface area contributed by atoms with Crippen molar-refractivity contribution in [2.24, 2.45) is 5.92 Å². The van der Waals surface area contributed by atoms with Gasteiger partial charge in [0.05, 0.1) is 6.10 Å². The summed E-state index contributed by atoms with van der Waals surface area (Å²) in [5.41, 5.74) is 0. The first-order chi connectivity index (χ1) is 11.1. The minimum atomic E-state index is -3.56. The molecule has 3 rings (SSSR count). The lowest BCUT2D eigenvalue weighted by Gasteiger charge is -2.36. The second-order valence-electron chi connectivity index (χ2n) is 6.79. The molecule has 1 aliphatic carbocycles. The second kappa shape index (κ2) is 7.28. The molecule has 2 heterocycles. The fourth-order valence-corrected chi connectivity index (χ4v) is 5.23. The van der Waals surface area contributed by atoms with E-state index in [1.807, 2.05) is 0 Å². The van der Waals surface area contributed by atoms with Gasteiger partial charge < -0.3 is 4.74 Å². The van der Waals surface area contributed by atoms with Crippen molar-refractivity contribution in [3.63, 3.8) is 0 Å². The van der Waals surface area contributed by atoms with E-state index in [0.717, 1.165) is 45.1 Å². The van der Waals surface area contributed by atoms with Crippen LogP contribution < -0.4 is 0 Å². The normalized spacial score (nSPS) is 29.0. The third-order valence-corrected chi connectivity index (χ3v) is 6.85. The molecule has 1 saturated carbocycles. The summed E-state index contributed by atoms with van der Waals surface area (Å²) in [5, 5.41) is 0.150. The fraction of sp³-hybridized carbons (Fsp3) is 0.706. The number of aromatic nitrogens is 1. The molecule has 2 aliphatic rings. The van der Waals surface area contributed by atoms with Crippen LogP contribution in [0.3, 0.4) is 0 Å². The van der Waals surface area contributed by atoms with Crippen LogP contribution >= 0.6 is 0 Å². The lowest BCUT2D eigenvalue weighted by molar-refractivity contribution is 0.0787. The zero-order valence-electron chi connectivity index (χ0n) is 13.7. The Kier molecular flexibility index (Phi) is 5.34. The summed E-state index contributed by atoms with van der Waals surface area (Å²) in [6, 6.07) is 5.13. The standard InChI is InChI=1S/C17H26N2O3S/c1-14-7-9-15(10-8-14)19(13-16-5-4-12-22-16)23(20,21)17-6-2-3-11-18-17/h2-3,6,11,14-16H,4-5,7-10,12-13H2,1H3. The van der Waals surface area contributed by atoms with Gasteiger partial charge in [-0.3, -0.25) is 0 Å². The Morgan fingerprint density at radius 3 is 2.61 bits per heavy atom. The van der Waals surface area contributed by atoms with Crippen LogP contribution in [0.5, 0.6) is 0 Å². The lowest BCUT2D eigenvalue weighted by atomic mass is 9.87. The van der Waals surface area contributed by atoms with Gasteiger partial charge in [0, 0.05) is 25.4 Å². The Morgan fingerprint density at radius 2 is 2.00 bits per heavy atom. The Hall–Kier alpha value is -0.980. The quantitative estimate of drug-likeness (QED) is 0.828. The van der Waals surface area contributed by atoms with E-state index in [0.29, 0.717) is 12.5 Å². The van der Waals surface area contributed by atoms with E-state index >= 15 is 0 Å². The van der Waals surface area contributed by atoms with Crippen molar-refractivity contribution in [3.05, 3.63) is 24.4 Å². The first-order valence-electron chi connectivity index (χ1n) is 8.62. The number of hydrogen-bond acceptors (Lipinski definition) is 4. The highest BCUT2D eigenvalue weighted by molar-refractivity contribution is 7.89. The van der Waals surface area contributed by atoms with E-state index in [4.69, 9.17) is 4.74 Å². The van der Waals surface area contributed by atoms with E-state index < -0.39 is 10.0 Å². The minimum Gasteiger partial charge on any atom is -0.377 e. The minimum absolute atomic E-state index is 0.0211. The maximum absolute atomic E-state index is 13.1. The van der Waals surface area contributed by atoms with Gasteiger partial charge in [-0.2, -0.15) is 4.31 Å². The van der Waals surface area contributed by atoms with Crippen LogP contribution in [-0.4, -0.2) is 43.0 Å². The van der Waals surface area contributed by atoms with Crippen molar-refractivity contribution >= 4 is 10.0 Å². The van der Waals surface area contributed by atoms with Gasteiger partial charge in [0.15, 0.2) is 5.03 Å². The van der Waals surface area contributed by atoms with Crippen LogP contribution in [0.15, 0.2) is 29.4 Å². The summed E-state index contributed by atoms with van der Waals surface area (Å²) in [5.74, 6) is 0.688. The number of ether oxygens (including phenoxy) is 1. The molecule has 1 aromatic rings. The van der Waals surface area contributed by atoms with Gasteiger partial charge in [0.2, 0.25) is 0 Å². The van der Waals surface area contributed by atoms with Crippen LogP contribution in [0.4, 0.5) is 0 Å². The molecular formula is C17H26N2O3S. The molecule has 5 nitrogen and oxygen atoms in total. The van der Waals surface area contributed by atoms with Crippen molar-refractivity contribution in [2.45, 2.75) is 62.6 Å². The summed E-state index contributed by atoms with van der Waals surface area (Å²) < 4.78 is 33.6. The van der Waals surface area contributed by atoms with Gasteiger partial charge in [-0.1, -0.05) is 13.0 Å². The molecule has 2 fully saturated rings. The molecule has 0 N–H and O–H groups in total. The van der Waals surface area contributed by atoms with Crippen LogP contribution in [0.25, 0.3) is 0 Å². The van der Waals surface area contributed by atoms with Crippen LogP contribution in [-0.2, 0) is 14.8 Å². The van der Waals surface area contributed by atoms with E-state index in [9.17, 15) is 8.42 Å². The number of hydrogen-bond donors (Lipinski definition) is 0. The lowest BCUT2D eigenvalue weighted by Crippen LogP contribution is -2.46. The molecule has 0 aromatic carbocycles. The van der Waals surface area contributed by atoms with Gasteiger partial charge in [-0.25, -0.2) is 13.4 Å². The van der Waals surface area contributed by atoms with Gasteiger partial charge >= 0.3 is 0 Å². The summed E-state index contributed by atoms with van der Waals surface area (Å²) >= 11 is 0. The van der Waals surface area contributed by atoms with Crippen LogP contribution in [0.2, 0.25) is 0 Å². The number of sulfonamides is 1. The van der Waals surface area contributed by atoms with Crippen molar-refractivity contribution < 1.29 is 13.2 Å². The first kappa shape index (κ1) is 16.9. The molecule has 1 atom stereocenters. The maximum atomic E-state index is 13.1. The Labute approximate surface area is 139 Å². The molecule has 1 unspecified atom stereocenters. The molecule has 23 heavy (non-hydrogen) atoms. The summed E-state index contributed by atoms with van der Waals surface area (Å²) in [6.45, 7) is 3.44. The topological polar surface area (TPSA) is 59.5 Å². The first-order valence-corrected chi connectivity index (χ1v) is 10.1. The molecule has 128 valence electrons. The van der Waals surface area contributed by atoms with E-state index in [1.54, 1.807) is 28.7 Å². The largest absolute Gasteiger partial charge is 0.377 e. The monoisotopic (exact) mass is 338 g/mol. The molecule has 6 heteroatoms. The third kappa shape index (κ3) is 3.92. The Bertz CT molecular complexity index is 592. The third-order valence-electron chi connectivity index (χ3n) is 5.01. The smallest absolute Gasteiger partial charge is 0.260 e. The van der Waals surface area contributed by atoms with Crippen molar-refractivity contribution in [1.29, 1.82) is 0 Å². The van der Waals surface area contributed by atoms with Crippen molar-refractivity contribution in [2.75, 3.05) is 13.2 Å². The van der Waals surface area contributed by atoms with Gasteiger partial charge in [-0.05, 0) is 56.6 Å². The summed E-state index contributed by atoms with van der Waals surface area (Å²) in [7, 11) is -3.56. The molecule has 1 aromatic heterocycles. The van der Waals surface area contributed by atoms with Gasteiger partial charge in [-0.15, -0.1) is 0 Å². The zero-order chi connectivity index (χ0) is 16.3. The number of rotatable bonds is 5. The predicted octanol–water partition coefficient (Wildman–Crippen LogP) is 2.83. The summed E-state index contributed by atoms with van der Waals surface area (Å²) in [4.78, 5) is 4.09. The molecular weight excluding hydrogens is 312 g/mol. The molecule has 0 spiro atoms. The molecule has 1 aliphatic heterocycles.